The normalized spacial score (nSPS) is 13.3. The monoisotopic (exact) mass is 326 g/mol. The molecule has 1 rings (SSSR count). The van der Waals surface area contributed by atoms with Crippen molar-refractivity contribution in [3.05, 3.63) is 34.9 Å². The molecule has 120 valence electrons. The molecule has 0 heterocycles. The number of hydrogen-bond donors (Lipinski definition) is 3. The Morgan fingerprint density at radius 2 is 1.59 bits per heavy atom. The zero-order valence-corrected chi connectivity index (χ0v) is 13.3. The molecule has 0 aliphatic carbocycles. The standard InChI is InChI=1S/C15H19ClN2O4/c1-8(2)12(14(20)17-9(3)15(21)22)18-13(19)10-4-6-11(16)7-5-10/h4-9,12H,1-3H3,(H,17,20)(H,18,19)(H,21,22)/t9-,12?/m0/s1. The Morgan fingerprint density at radius 3 is 2.05 bits per heavy atom. The van der Waals surface area contributed by atoms with Crippen LogP contribution in [-0.2, 0) is 9.59 Å². The van der Waals surface area contributed by atoms with Crippen molar-refractivity contribution in [1.29, 1.82) is 0 Å². The van der Waals surface area contributed by atoms with E-state index in [9.17, 15) is 14.4 Å². The number of halogens is 1. The van der Waals surface area contributed by atoms with E-state index in [2.05, 4.69) is 10.6 Å². The Hall–Kier alpha value is -2.08. The van der Waals surface area contributed by atoms with Crippen LogP contribution in [0.4, 0.5) is 0 Å². The molecule has 0 aliphatic rings. The van der Waals surface area contributed by atoms with Crippen molar-refractivity contribution in [1.82, 2.24) is 10.6 Å². The molecule has 1 aromatic carbocycles. The van der Waals surface area contributed by atoms with Gasteiger partial charge in [-0.2, -0.15) is 0 Å². The first-order valence-corrected chi connectivity index (χ1v) is 7.19. The van der Waals surface area contributed by atoms with Crippen LogP contribution in [0.5, 0.6) is 0 Å². The van der Waals surface area contributed by atoms with E-state index in [4.69, 9.17) is 16.7 Å². The fraction of sp³-hybridized carbons (Fsp3) is 0.400. The van der Waals surface area contributed by atoms with E-state index in [0.717, 1.165) is 0 Å². The van der Waals surface area contributed by atoms with Gasteiger partial charge in [0.05, 0.1) is 0 Å². The molecule has 0 fully saturated rings. The number of carboxylic acids is 1. The molecule has 0 saturated heterocycles. The Kier molecular flexibility index (Phi) is 6.37. The number of carboxylic acid groups (broad SMARTS) is 1. The average Bonchev–Trinajstić information content (AvgIpc) is 2.44. The lowest BCUT2D eigenvalue weighted by Crippen LogP contribution is -2.53. The number of carbonyl (C=O) groups is 3. The van der Waals surface area contributed by atoms with Crippen LogP contribution in [0.1, 0.15) is 31.1 Å². The summed E-state index contributed by atoms with van der Waals surface area (Å²) < 4.78 is 0. The van der Waals surface area contributed by atoms with Gasteiger partial charge in [0.15, 0.2) is 0 Å². The molecule has 3 N–H and O–H groups in total. The third kappa shape index (κ3) is 5.04. The number of carbonyl (C=O) groups excluding carboxylic acids is 2. The average molecular weight is 327 g/mol. The maximum absolute atomic E-state index is 12.1. The molecule has 0 bridgehead atoms. The largest absolute Gasteiger partial charge is 0.480 e. The zero-order chi connectivity index (χ0) is 16.9. The fourth-order valence-electron chi connectivity index (χ4n) is 1.73. The van der Waals surface area contributed by atoms with Crippen molar-refractivity contribution >= 4 is 29.4 Å². The smallest absolute Gasteiger partial charge is 0.325 e. The zero-order valence-electron chi connectivity index (χ0n) is 12.6. The van der Waals surface area contributed by atoms with Crippen LogP contribution in [0.2, 0.25) is 5.02 Å². The number of aliphatic carboxylic acids is 1. The summed E-state index contributed by atoms with van der Waals surface area (Å²) in [5, 5.41) is 14.3. The maximum atomic E-state index is 12.1. The molecule has 1 aromatic rings. The number of amides is 2. The topological polar surface area (TPSA) is 95.5 Å². The van der Waals surface area contributed by atoms with Crippen LogP contribution in [0.15, 0.2) is 24.3 Å². The van der Waals surface area contributed by atoms with Gasteiger partial charge in [-0.05, 0) is 37.1 Å². The van der Waals surface area contributed by atoms with Crippen LogP contribution in [0.25, 0.3) is 0 Å². The van der Waals surface area contributed by atoms with Crippen LogP contribution in [0, 0.1) is 5.92 Å². The molecule has 7 heteroatoms. The Bertz CT molecular complexity index is 557. The van der Waals surface area contributed by atoms with Gasteiger partial charge in [0.1, 0.15) is 12.1 Å². The van der Waals surface area contributed by atoms with Crippen molar-refractivity contribution in [2.75, 3.05) is 0 Å². The van der Waals surface area contributed by atoms with Gasteiger partial charge in [-0.25, -0.2) is 0 Å². The van der Waals surface area contributed by atoms with Crippen molar-refractivity contribution in [2.45, 2.75) is 32.9 Å². The molecular weight excluding hydrogens is 308 g/mol. The summed E-state index contributed by atoms with van der Waals surface area (Å²) in [6, 6.07) is 4.40. The van der Waals surface area contributed by atoms with Gasteiger partial charge >= 0.3 is 5.97 Å². The Balaban J connectivity index is 2.79. The van der Waals surface area contributed by atoms with E-state index in [1.807, 2.05) is 0 Å². The van der Waals surface area contributed by atoms with E-state index in [0.29, 0.717) is 10.6 Å². The van der Waals surface area contributed by atoms with E-state index >= 15 is 0 Å². The fourth-order valence-corrected chi connectivity index (χ4v) is 1.85. The summed E-state index contributed by atoms with van der Waals surface area (Å²) in [4.78, 5) is 35.0. The first-order valence-electron chi connectivity index (χ1n) is 6.82. The third-order valence-corrected chi connectivity index (χ3v) is 3.32. The van der Waals surface area contributed by atoms with Crippen molar-refractivity contribution < 1.29 is 19.5 Å². The molecule has 1 unspecified atom stereocenters. The summed E-state index contributed by atoms with van der Waals surface area (Å²) >= 11 is 5.76. The van der Waals surface area contributed by atoms with Crippen molar-refractivity contribution in [2.24, 2.45) is 5.92 Å². The lowest BCUT2D eigenvalue weighted by molar-refractivity contribution is -0.141. The lowest BCUT2D eigenvalue weighted by Gasteiger charge is -2.23. The Labute approximate surface area is 133 Å². The predicted molar refractivity (Wildman–Crippen MR) is 82.8 cm³/mol. The first-order chi connectivity index (χ1) is 10.2. The van der Waals surface area contributed by atoms with Gasteiger partial charge in [0, 0.05) is 10.6 Å². The van der Waals surface area contributed by atoms with Gasteiger partial charge in [0.2, 0.25) is 5.91 Å². The molecular formula is C15H19ClN2O4. The van der Waals surface area contributed by atoms with Crippen LogP contribution in [0.3, 0.4) is 0 Å². The van der Waals surface area contributed by atoms with E-state index in [-0.39, 0.29) is 5.92 Å². The SMILES string of the molecule is CC(C)C(NC(=O)c1ccc(Cl)cc1)C(=O)N[C@@H](C)C(=O)O. The molecule has 0 aromatic heterocycles. The molecule has 2 atom stereocenters. The number of rotatable bonds is 6. The van der Waals surface area contributed by atoms with Crippen molar-refractivity contribution in [3.8, 4) is 0 Å². The third-order valence-electron chi connectivity index (χ3n) is 3.07. The predicted octanol–water partition coefficient (Wildman–Crippen LogP) is 1.68. The highest BCUT2D eigenvalue weighted by atomic mass is 35.5. The molecule has 0 radical (unpaired) electrons. The minimum atomic E-state index is -1.14. The van der Waals surface area contributed by atoms with E-state index < -0.39 is 29.9 Å². The van der Waals surface area contributed by atoms with Crippen LogP contribution < -0.4 is 10.6 Å². The van der Waals surface area contributed by atoms with Gasteiger partial charge in [0.25, 0.3) is 5.91 Å². The highest BCUT2D eigenvalue weighted by Gasteiger charge is 2.27. The molecule has 0 saturated carbocycles. The first kappa shape index (κ1) is 18.0. The van der Waals surface area contributed by atoms with Gasteiger partial charge in [-0.1, -0.05) is 25.4 Å². The molecule has 0 aliphatic heterocycles. The number of benzene rings is 1. The van der Waals surface area contributed by atoms with Crippen molar-refractivity contribution in [3.63, 3.8) is 0 Å². The number of hydrogen-bond acceptors (Lipinski definition) is 3. The molecule has 0 spiro atoms. The second kappa shape index (κ2) is 7.79. The minimum Gasteiger partial charge on any atom is -0.480 e. The summed E-state index contributed by atoms with van der Waals surface area (Å²) in [5.74, 6) is -2.29. The molecule has 22 heavy (non-hydrogen) atoms. The van der Waals surface area contributed by atoms with Crippen LogP contribution in [-0.4, -0.2) is 35.0 Å². The number of nitrogens with one attached hydrogen (secondary N) is 2. The highest BCUT2D eigenvalue weighted by molar-refractivity contribution is 6.30. The minimum absolute atomic E-state index is 0.197. The van der Waals surface area contributed by atoms with E-state index in [1.165, 1.54) is 6.92 Å². The van der Waals surface area contributed by atoms with Gasteiger partial charge in [-0.15, -0.1) is 0 Å². The summed E-state index contributed by atoms with van der Waals surface area (Å²) in [5.41, 5.74) is 0.370. The highest BCUT2D eigenvalue weighted by Crippen LogP contribution is 2.10. The molecule has 6 nitrogen and oxygen atoms in total. The summed E-state index contributed by atoms with van der Waals surface area (Å²) in [7, 11) is 0. The maximum Gasteiger partial charge on any atom is 0.325 e. The summed E-state index contributed by atoms with van der Waals surface area (Å²) in [6.07, 6.45) is 0. The van der Waals surface area contributed by atoms with Crippen LogP contribution >= 0.6 is 11.6 Å². The van der Waals surface area contributed by atoms with E-state index in [1.54, 1.807) is 38.1 Å². The second-order valence-corrected chi connectivity index (χ2v) is 5.71. The molecule has 2 amide bonds. The Morgan fingerprint density at radius 1 is 1.05 bits per heavy atom. The quantitative estimate of drug-likeness (QED) is 0.741. The second-order valence-electron chi connectivity index (χ2n) is 5.27. The summed E-state index contributed by atoms with van der Waals surface area (Å²) in [6.45, 7) is 4.88. The lowest BCUT2D eigenvalue weighted by atomic mass is 10.0. The van der Waals surface area contributed by atoms with Gasteiger partial charge < -0.3 is 15.7 Å². The van der Waals surface area contributed by atoms with Gasteiger partial charge in [-0.3, -0.25) is 14.4 Å².